The first-order valence-corrected chi connectivity index (χ1v) is 10.0. The highest BCUT2D eigenvalue weighted by molar-refractivity contribution is 6.32. The first-order chi connectivity index (χ1) is 14.4. The lowest BCUT2D eigenvalue weighted by Gasteiger charge is -2.34. The smallest absolute Gasteiger partial charge is 0.288 e. The van der Waals surface area contributed by atoms with Crippen molar-refractivity contribution in [3.05, 3.63) is 74.3 Å². The van der Waals surface area contributed by atoms with Crippen molar-refractivity contribution in [2.24, 2.45) is 5.10 Å². The number of amides is 1. The van der Waals surface area contributed by atoms with E-state index < -0.39 is 4.92 Å². The fourth-order valence-corrected chi connectivity index (χ4v) is 3.41. The van der Waals surface area contributed by atoms with Gasteiger partial charge < -0.3 is 0 Å². The summed E-state index contributed by atoms with van der Waals surface area (Å²) in [4.78, 5) is 26.9. The van der Waals surface area contributed by atoms with E-state index in [9.17, 15) is 14.9 Å². The summed E-state index contributed by atoms with van der Waals surface area (Å²) < 4.78 is 0. The molecule has 0 spiro atoms. The SMILES string of the molecule is Cc1ccc(CN2CCN(CC(=O)N/N=C\c3ccc(Cl)c([N+](=O)[O-])c3)CC2)cc1. The van der Waals surface area contributed by atoms with Gasteiger partial charge in [-0.25, -0.2) is 5.43 Å². The van der Waals surface area contributed by atoms with Gasteiger partial charge in [0.15, 0.2) is 0 Å². The normalized spacial score (nSPS) is 15.4. The maximum atomic E-state index is 12.1. The van der Waals surface area contributed by atoms with Crippen LogP contribution in [0.1, 0.15) is 16.7 Å². The summed E-state index contributed by atoms with van der Waals surface area (Å²) in [5.74, 6) is -0.221. The highest BCUT2D eigenvalue weighted by Crippen LogP contribution is 2.24. The third-order valence-corrected chi connectivity index (χ3v) is 5.25. The highest BCUT2D eigenvalue weighted by Gasteiger charge is 2.19. The Hall–Kier alpha value is -2.81. The van der Waals surface area contributed by atoms with Gasteiger partial charge >= 0.3 is 0 Å². The summed E-state index contributed by atoms with van der Waals surface area (Å²) >= 11 is 5.78. The maximum Gasteiger partial charge on any atom is 0.288 e. The molecule has 0 atom stereocenters. The van der Waals surface area contributed by atoms with E-state index in [0.29, 0.717) is 5.56 Å². The average molecular weight is 430 g/mol. The van der Waals surface area contributed by atoms with Gasteiger partial charge in [-0.15, -0.1) is 0 Å². The molecular weight excluding hydrogens is 406 g/mol. The number of hydrazone groups is 1. The quantitative estimate of drug-likeness (QED) is 0.415. The minimum atomic E-state index is -0.559. The van der Waals surface area contributed by atoms with E-state index in [1.807, 2.05) is 0 Å². The molecule has 0 saturated carbocycles. The van der Waals surface area contributed by atoms with Crippen LogP contribution in [0.15, 0.2) is 47.6 Å². The number of nitro groups is 1. The van der Waals surface area contributed by atoms with Crippen LogP contribution in [0.2, 0.25) is 5.02 Å². The zero-order chi connectivity index (χ0) is 21.5. The standard InChI is InChI=1S/C21H24ClN5O3/c1-16-2-4-17(5-3-16)14-25-8-10-26(11-9-25)15-21(28)24-23-13-18-6-7-19(22)20(12-18)27(29)30/h2-7,12-13H,8-11,14-15H2,1H3,(H,24,28)/b23-13-. The van der Waals surface area contributed by atoms with Crippen molar-refractivity contribution < 1.29 is 9.72 Å². The summed E-state index contributed by atoms with van der Waals surface area (Å²) in [6.07, 6.45) is 1.36. The van der Waals surface area contributed by atoms with Crippen molar-refractivity contribution in [3.63, 3.8) is 0 Å². The van der Waals surface area contributed by atoms with E-state index >= 15 is 0 Å². The lowest BCUT2D eigenvalue weighted by Crippen LogP contribution is -2.48. The zero-order valence-corrected chi connectivity index (χ0v) is 17.5. The predicted molar refractivity (Wildman–Crippen MR) is 117 cm³/mol. The second-order valence-electron chi connectivity index (χ2n) is 7.30. The lowest BCUT2D eigenvalue weighted by molar-refractivity contribution is -0.384. The molecule has 3 rings (SSSR count). The highest BCUT2D eigenvalue weighted by atomic mass is 35.5. The molecule has 1 aliphatic heterocycles. The number of piperazine rings is 1. The van der Waals surface area contributed by atoms with Crippen LogP contribution in [0.5, 0.6) is 0 Å². The predicted octanol–water partition coefficient (Wildman–Crippen LogP) is 2.82. The number of nitro benzene ring substituents is 1. The van der Waals surface area contributed by atoms with Gasteiger partial charge in [0.05, 0.1) is 17.7 Å². The number of aryl methyl sites for hydroxylation is 1. The molecule has 8 nitrogen and oxygen atoms in total. The molecule has 30 heavy (non-hydrogen) atoms. The van der Waals surface area contributed by atoms with Crippen LogP contribution < -0.4 is 5.43 Å². The monoisotopic (exact) mass is 429 g/mol. The van der Waals surface area contributed by atoms with E-state index in [0.717, 1.165) is 32.7 Å². The number of hydrogen-bond donors (Lipinski definition) is 1. The Morgan fingerprint density at radius 3 is 2.50 bits per heavy atom. The molecule has 1 saturated heterocycles. The van der Waals surface area contributed by atoms with Gasteiger partial charge in [0, 0.05) is 44.4 Å². The Labute approximate surface area is 180 Å². The number of hydrogen-bond acceptors (Lipinski definition) is 6. The van der Waals surface area contributed by atoms with E-state index in [-0.39, 0.29) is 23.2 Å². The van der Waals surface area contributed by atoms with Crippen molar-refractivity contribution in [3.8, 4) is 0 Å². The van der Waals surface area contributed by atoms with Crippen LogP contribution >= 0.6 is 11.6 Å². The number of nitrogens with zero attached hydrogens (tertiary/aromatic N) is 4. The molecular formula is C21H24ClN5O3. The van der Waals surface area contributed by atoms with Gasteiger partial charge in [0.2, 0.25) is 0 Å². The summed E-state index contributed by atoms with van der Waals surface area (Å²) in [6.45, 7) is 6.68. The van der Waals surface area contributed by atoms with Gasteiger partial charge in [0.25, 0.3) is 11.6 Å². The minimum Gasteiger partial charge on any atom is -0.297 e. The first kappa shape index (κ1) is 21.9. The Kier molecular flexibility index (Phi) is 7.51. The van der Waals surface area contributed by atoms with Gasteiger partial charge in [-0.1, -0.05) is 47.5 Å². The molecule has 1 amide bonds. The molecule has 0 bridgehead atoms. The Morgan fingerprint density at radius 1 is 1.17 bits per heavy atom. The van der Waals surface area contributed by atoms with Crippen LogP contribution in [-0.4, -0.2) is 59.6 Å². The van der Waals surface area contributed by atoms with Crippen LogP contribution in [-0.2, 0) is 11.3 Å². The van der Waals surface area contributed by atoms with Gasteiger partial charge in [-0.05, 0) is 18.6 Å². The third kappa shape index (κ3) is 6.35. The van der Waals surface area contributed by atoms with Gasteiger partial charge in [-0.2, -0.15) is 5.10 Å². The van der Waals surface area contributed by atoms with Crippen molar-refractivity contribution >= 4 is 29.4 Å². The van der Waals surface area contributed by atoms with Gasteiger partial charge in [-0.3, -0.25) is 24.7 Å². The van der Waals surface area contributed by atoms with Crippen molar-refractivity contribution in [2.75, 3.05) is 32.7 Å². The fraction of sp³-hybridized carbons (Fsp3) is 0.333. The van der Waals surface area contributed by atoms with Crippen LogP contribution in [0.3, 0.4) is 0 Å². The molecule has 1 heterocycles. The molecule has 1 fully saturated rings. The molecule has 9 heteroatoms. The number of carbonyl (C=O) groups excluding carboxylic acids is 1. The molecule has 1 N–H and O–H groups in total. The molecule has 0 aliphatic carbocycles. The molecule has 158 valence electrons. The van der Waals surface area contributed by atoms with Crippen LogP contribution in [0.4, 0.5) is 5.69 Å². The average Bonchev–Trinajstić information content (AvgIpc) is 2.72. The molecule has 0 unspecified atom stereocenters. The number of halogens is 1. The number of rotatable bonds is 7. The molecule has 2 aromatic rings. The van der Waals surface area contributed by atoms with Crippen molar-refractivity contribution in [2.45, 2.75) is 13.5 Å². The first-order valence-electron chi connectivity index (χ1n) is 9.67. The Morgan fingerprint density at radius 2 is 1.83 bits per heavy atom. The van der Waals surface area contributed by atoms with Gasteiger partial charge in [0.1, 0.15) is 5.02 Å². The number of nitrogens with one attached hydrogen (secondary N) is 1. The Bertz CT molecular complexity index is 925. The van der Waals surface area contributed by atoms with E-state index in [2.05, 4.69) is 51.5 Å². The second-order valence-corrected chi connectivity index (χ2v) is 7.71. The van der Waals surface area contributed by atoms with Crippen molar-refractivity contribution in [1.82, 2.24) is 15.2 Å². The molecule has 2 aromatic carbocycles. The third-order valence-electron chi connectivity index (χ3n) is 4.93. The maximum absolute atomic E-state index is 12.1. The number of benzene rings is 2. The molecule has 1 aliphatic rings. The largest absolute Gasteiger partial charge is 0.297 e. The summed E-state index contributed by atoms with van der Waals surface area (Å²) in [5, 5.41) is 14.9. The van der Waals surface area contributed by atoms with E-state index in [1.165, 1.54) is 29.5 Å². The lowest BCUT2D eigenvalue weighted by atomic mass is 10.1. The summed E-state index contributed by atoms with van der Waals surface area (Å²) in [6, 6.07) is 12.9. The van der Waals surface area contributed by atoms with Crippen LogP contribution in [0.25, 0.3) is 0 Å². The number of carbonyl (C=O) groups is 1. The summed E-state index contributed by atoms with van der Waals surface area (Å²) in [7, 11) is 0. The second kappa shape index (κ2) is 10.3. The topological polar surface area (TPSA) is 91.1 Å². The van der Waals surface area contributed by atoms with E-state index in [1.54, 1.807) is 6.07 Å². The fourth-order valence-electron chi connectivity index (χ4n) is 3.22. The Balaban J connectivity index is 1.41. The van der Waals surface area contributed by atoms with E-state index in [4.69, 9.17) is 11.6 Å². The van der Waals surface area contributed by atoms with Crippen LogP contribution in [0, 0.1) is 17.0 Å². The zero-order valence-electron chi connectivity index (χ0n) is 16.8. The summed E-state index contributed by atoms with van der Waals surface area (Å²) in [5.41, 5.74) is 5.31. The van der Waals surface area contributed by atoms with Crippen molar-refractivity contribution in [1.29, 1.82) is 0 Å². The minimum absolute atomic E-state index is 0.0581. The molecule has 0 aromatic heterocycles. The molecule has 0 radical (unpaired) electrons.